The van der Waals surface area contributed by atoms with Crippen LogP contribution in [-0.4, -0.2) is 24.8 Å². The summed E-state index contributed by atoms with van der Waals surface area (Å²) in [6.07, 6.45) is 0. The number of hydrogen-bond acceptors (Lipinski definition) is 5. The minimum atomic E-state index is -1.03. The summed E-state index contributed by atoms with van der Waals surface area (Å²) in [6, 6.07) is 12.9. The van der Waals surface area contributed by atoms with Crippen LogP contribution in [-0.2, 0) is 6.54 Å². The summed E-state index contributed by atoms with van der Waals surface area (Å²) < 4.78 is 33.2. The Hall–Kier alpha value is -3.62. The van der Waals surface area contributed by atoms with Crippen molar-refractivity contribution in [2.75, 3.05) is 0 Å². The fourth-order valence-electron chi connectivity index (χ4n) is 2.59. The third kappa shape index (κ3) is 3.14. The van der Waals surface area contributed by atoms with Crippen LogP contribution >= 0.6 is 0 Å². The van der Waals surface area contributed by atoms with E-state index in [-0.39, 0.29) is 23.7 Å². The first kappa shape index (κ1) is 16.8. The molecule has 7 nitrogen and oxygen atoms in total. The largest absolute Gasteiger partial charge is 0.437 e. The van der Waals surface area contributed by atoms with Crippen LogP contribution in [0, 0.1) is 18.6 Å². The van der Waals surface area contributed by atoms with Crippen molar-refractivity contribution in [3.8, 4) is 17.3 Å². The monoisotopic (exact) mass is 369 g/mol. The average molecular weight is 369 g/mol. The van der Waals surface area contributed by atoms with E-state index in [1.807, 2.05) is 30.3 Å². The zero-order valence-corrected chi connectivity index (χ0v) is 14.1. The maximum absolute atomic E-state index is 13.8. The molecule has 0 fully saturated rings. The van der Waals surface area contributed by atoms with E-state index in [2.05, 4.69) is 15.3 Å². The molecule has 0 aliphatic rings. The summed E-state index contributed by atoms with van der Waals surface area (Å²) >= 11 is 0. The molecule has 2 aromatic heterocycles. The van der Waals surface area contributed by atoms with Crippen LogP contribution in [0.1, 0.15) is 11.3 Å². The van der Waals surface area contributed by atoms with Crippen LogP contribution < -0.4 is 5.76 Å². The number of aromatic nitrogens is 5. The van der Waals surface area contributed by atoms with Gasteiger partial charge in [-0.05, 0) is 25.1 Å². The molecule has 0 atom stereocenters. The van der Waals surface area contributed by atoms with Gasteiger partial charge in [0.1, 0.15) is 0 Å². The summed E-state index contributed by atoms with van der Waals surface area (Å²) in [5.74, 6) is -2.87. The molecule has 0 N–H and O–H groups in total. The van der Waals surface area contributed by atoms with E-state index in [1.54, 1.807) is 6.92 Å². The number of halogens is 2. The molecule has 0 radical (unpaired) electrons. The first-order chi connectivity index (χ1) is 13.0. The van der Waals surface area contributed by atoms with Crippen molar-refractivity contribution in [3.63, 3.8) is 0 Å². The van der Waals surface area contributed by atoms with Crippen molar-refractivity contribution >= 4 is 0 Å². The molecule has 0 amide bonds. The maximum atomic E-state index is 13.8. The average Bonchev–Trinajstić information content (AvgIpc) is 3.22. The van der Waals surface area contributed by atoms with Gasteiger partial charge in [0.05, 0.1) is 17.9 Å². The summed E-state index contributed by atoms with van der Waals surface area (Å²) in [5.41, 5.74) is 1.51. The minimum absolute atomic E-state index is 0.0124. The minimum Gasteiger partial charge on any atom is -0.386 e. The van der Waals surface area contributed by atoms with Crippen molar-refractivity contribution < 1.29 is 13.2 Å². The fourth-order valence-corrected chi connectivity index (χ4v) is 2.59. The standard InChI is InChI=1S/C18H13F2N5O2/c1-11-16(22-25(21-11)13-7-3-2-4-8-13)17-23-24(18(26)27-17)10-12-6-5-9-14(19)15(12)20/h2-9H,10H2,1H3. The lowest BCUT2D eigenvalue weighted by atomic mass is 10.2. The Balaban J connectivity index is 1.69. The highest BCUT2D eigenvalue weighted by Crippen LogP contribution is 2.18. The van der Waals surface area contributed by atoms with Gasteiger partial charge < -0.3 is 4.42 Å². The van der Waals surface area contributed by atoms with Gasteiger partial charge in [0.2, 0.25) is 0 Å². The van der Waals surface area contributed by atoms with Crippen molar-refractivity contribution in [3.05, 3.63) is 82.0 Å². The molecule has 9 heteroatoms. The van der Waals surface area contributed by atoms with Crippen LogP contribution in [0.4, 0.5) is 8.78 Å². The highest BCUT2D eigenvalue weighted by Gasteiger charge is 2.19. The lowest BCUT2D eigenvalue weighted by Crippen LogP contribution is -2.17. The van der Waals surface area contributed by atoms with Crippen molar-refractivity contribution in [2.45, 2.75) is 13.5 Å². The molecule has 0 aliphatic heterocycles. The van der Waals surface area contributed by atoms with Crippen LogP contribution in [0.2, 0.25) is 0 Å². The molecule has 2 heterocycles. The summed E-state index contributed by atoms with van der Waals surface area (Å²) in [6.45, 7) is 1.44. The number of benzene rings is 2. The summed E-state index contributed by atoms with van der Waals surface area (Å²) in [4.78, 5) is 13.5. The second kappa shape index (κ2) is 6.60. The van der Waals surface area contributed by atoms with E-state index in [4.69, 9.17) is 4.42 Å². The van der Waals surface area contributed by atoms with E-state index in [0.29, 0.717) is 5.69 Å². The second-order valence-electron chi connectivity index (χ2n) is 5.80. The number of para-hydroxylation sites is 1. The van der Waals surface area contributed by atoms with Crippen LogP contribution in [0.5, 0.6) is 0 Å². The number of hydrogen-bond donors (Lipinski definition) is 0. The Kier molecular flexibility index (Phi) is 4.11. The molecule has 136 valence electrons. The van der Waals surface area contributed by atoms with Gasteiger partial charge in [-0.3, -0.25) is 0 Å². The second-order valence-corrected chi connectivity index (χ2v) is 5.80. The third-order valence-electron chi connectivity index (χ3n) is 3.93. The number of aryl methyl sites for hydroxylation is 1. The predicted molar refractivity (Wildman–Crippen MR) is 91.3 cm³/mol. The van der Waals surface area contributed by atoms with E-state index >= 15 is 0 Å². The van der Waals surface area contributed by atoms with E-state index in [9.17, 15) is 13.6 Å². The maximum Gasteiger partial charge on any atom is 0.437 e. The highest BCUT2D eigenvalue weighted by molar-refractivity contribution is 5.49. The van der Waals surface area contributed by atoms with Gasteiger partial charge >= 0.3 is 5.76 Å². The summed E-state index contributed by atoms with van der Waals surface area (Å²) in [5, 5.41) is 12.6. The Bertz CT molecular complexity index is 1160. The Morgan fingerprint density at radius 3 is 2.56 bits per heavy atom. The van der Waals surface area contributed by atoms with E-state index in [1.165, 1.54) is 16.9 Å². The molecule has 2 aromatic carbocycles. The fraction of sp³-hybridized carbons (Fsp3) is 0.111. The Morgan fingerprint density at radius 1 is 1.00 bits per heavy atom. The van der Waals surface area contributed by atoms with Gasteiger partial charge in [-0.15, -0.1) is 10.2 Å². The van der Waals surface area contributed by atoms with Crippen molar-refractivity contribution in [1.82, 2.24) is 24.8 Å². The zero-order chi connectivity index (χ0) is 19.0. The molecule has 0 aliphatic carbocycles. The normalized spacial score (nSPS) is 11.1. The van der Waals surface area contributed by atoms with Crippen molar-refractivity contribution in [1.29, 1.82) is 0 Å². The van der Waals surface area contributed by atoms with Gasteiger partial charge in [0, 0.05) is 5.56 Å². The van der Waals surface area contributed by atoms with Gasteiger partial charge in [0.25, 0.3) is 5.89 Å². The van der Waals surface area contributed by atoms with Gasteiger partial charge in [-0.1, -0.05) is 30.3 Å². The summed E-state index contributed by atoms with van der Waals surface area (Å²) in [7, 11) is 0. The number of nitrogens with zero attached hydrogens (tertiary/aromatic N) is 5. The molecule has 27 heavy (non-hydrogen) atoms. The molecule has 0 saturated carbocycles. The SMILES string of the molecule is Cc1nn(-c2ccccc2)nc1-c1nn(Cc2cccc(F)c2F)c(=O)o1. The molecule has 0 spiro atoms. The highest BCUT2D eigenvalue weighted by atomic mass is 19.2. The molecular weight excluding hydrogens is 356 g/mol. The van der Waals surface area contributed by atoms with Crippen LogP contribution in [0.15, 0.2) is 57.7 Å². The lowest BCUT2D eigenvalue weighted by Gasteiger charge is -2.01. The lowest BCUT2D eigenvalue weighted by molar-refractivity contribution is 0.473. The zero-order valence-electron chi connectivity index (χ0n) is 14.1. The Labute approximate surface area is 151 Å². The Morgan fingerprint density at radius 2 is 1.78 bits per heavy atom. The van der Waals surface area contributed by atoms with Gasteiger partial charge in [-0.25, -0.2) is 13.6 Å². The van der Waals surface area contributed by atoms with Crippen LogP contribution in [0.25, 0.3) is 17.3 Å². The topological polar surface area (TPSA) is 78.7 Å². The third-order valence-corrected chi connectivity index (χ3v) is 3.93. The first-order valence-corrected chi connectivity index (χ1v) is 8.03. The van der Waals surface area contributed by atoms with Gasteiger partial charge in [0.15, 0.2) is 17.3 Å². The first-order valence-electron chi connectivity index (χ1n) is 8.03. The molecule has 0 bridgehead atoms. The molecule has 4 rings (SSSR count). The molecule has 0 saturated heterocycles. The quantitative estimate of drug-likeness (QED) is 0.553. The number of rotatable bonds is 4. The predicted octanol–water partition coefficient (Wildman–Crippen LogP) is 2.72. The van der Waals surface area contributed by atoms with E-state index in [0.717, 1.165) is 16.4 Å². The van der Waals surface area contributed by atoms with Gasteiger partial charge in [-0.2, -0.15) is 14.6 Å². The molecule has 0 unspecified atom stereocenters. The smallest absolute Gasteiger partial charge is 0.386 e. The van der Waals surface area contributed by atoms with Crippen LogP contribution in [0.3, 0.4) is 0 Å². The van der Waals surface area contributed by atoms with E-state index < -0.39 is 17.4 Å². The molecule has 4 aromatic rings. The molecular formula is C18H13F2N5O2. The van der Waals surface area contributed by atoms with Crippen molar-refractivity contribution in [2.24, 2.45) is 0 Å².